The van der Waals surface area contributed by atoms with Gasteiger partial charge in [-0.15, -0.1) is 0 Å². The van der Waals surface area contributed by atoms with Gasteiger partial charge in [-0.1, -0.05) is 45.0 Å². The van der Waals surface area contributed by atoms with Crippen molar-refractivity contribution in [2.45, 2.75) is 38.5 Å². The fourth-order valence-corrected chi connectivity index (χ4v) is 2.77. The van der Waals surface area contributed by atoms with Crippen molar-refractivity contribution in [1.82, 2.24) is 5.32 Å². The third kappa shape index (κ3) is 3.16. The molecule has 2 atom stereocenters. The van der Waals surface area contributed by atoms with E-state index < -0.39 is 5.97 Å². The van der Waals surface area contributed by atoms with Gasteiger partial charge in [0.05, 0.1) is 5.92 Å². The molecule has 1 aliphatic rings. The lowest BCUT2D eigenvalue weighted by Crippen LogP contribution is -2.23. The molecule has 19 heavy (non-hydrogen) atoms. The minimum Gasteiger partial charge on any atom is -0.481 e. The fraction of sp³-hybridized carbons (Fsp3) is 0.562. The molecule has 0 spiro atoms. The molecule has 3 heteroatoms. The molecule has 1 aromatic carbocycles. The van der Waals surface area contributed by atoms with E-state index >= 15 is 0 Å². The lowest BCUT2D eigenvalue weighted by Gasteiger charge is -2.22. The van der Waals surface area contributed by atoms with E-state index in [1.807, 2.05) is 12.1 Å². The highest BCUT2D eigenvalue weighted by Crippen LogP contribution is 2.31. The molecule has 2 rings (SSSR count). The van der Waals surface area contributed by atoms with Crippen LogP contribution in [0.4, 0.5) is 0 Å². The van der Waals surface area contributed by atoms with E-state index in [0.717, 1.165) is 25.1 Å². The van der Waals surface area contributed by atoms with Crippen LogP contribution in [0.5, 0.6) is 0 Å². The van der Waals surface area contributed by atoms with Gasteiger partial charge in [0, 0.05) is 0 Å². The van der Waals surface area contributed by atoms with Crippen molar-refractivity contribution in [3.8, 4) is 0 Å². The number of hydrogen-bond donors (Lipinski definition) is 2. The van der Waals surface area contributed by atoms with Crippen LogP contribution in [-0.4, -0.2) is 24.2 Å². The summed E-state index contributed by atoms with van der Waals surface area (Å²) in [6, 6.07) is 8.09. The molecule has 1 aromatic rings. The van der Waals surface area contributed by atoms with E-state index in [4.69, 9.17) is 0 Å². The smallest absolute Gasteiger partial charge is 0.311 e. The molecule has 0 aromatic heterocycles. The van der Waals surface area contributed by atoms with E-state index in [1.165, 1.54) is 5.56 Å². The van der Waals surface area contributed by atoms with Crippen LogP contribution in [0.2, 0.25) is 0 Å². The van der Waals surface area contributed by atoms with Gasteiger partial charge in [-0.3, -0.25) is 4.79 Å². The Morgan fingerprint density at radius 3 is 2.37 bits per heavy atom. The quantitative estimate of drug-likeness (QED) is 0.879. The third-order valence-corrected chi connectivity index (χ3v) is 3.97. The fourth-order valence-electron chi connectivity index (χ4n) is 2.77. The van der Waals surface area contributed by atoms with Crippen LogP contribution >= 0.6 is 0 Å². The number of hydrogen-bond acceptors (Lipinski definition) is 2. The minimum atomic E-state index is -0.711. The van der Waals surface area contributed by atoms with Crippen molar-refractivity contribution in [2.24, 2.45) is 5.92 Å². The predicted octanol–water partition coefficient (Wildman–Crippen LogP) is 2.76. The van der Waals surface area contributed by atoms with E-state index in [1.54, 1.807) is 0 Å². The van der Waals surface area contributed by atoms with Crippen molar-refractivity contribution in [3.05, 3.63) is 35.4 Å². The Hall–Kier alpha value is -1.35. The Balaban J connectivity index is 2.25. The molecule has 104 valence electrons. The number of rotatable bonds is 3. The van der Waals surface area contributed by atoms with Crippen LogP contribution in [0.15, 0.2) is 24.3 Å². The first kappa shape index (κ1) is 14.1. The number of carboxylic acids is 1. The van der Waals surface area contributed by atoms with Gasteiger partial charge in [-0.2, -0.15) is 0 Å². The summed E-state index contributed by atoms with van der Waals surface area (Å²) in [5, 5.41) is 12.7. The largest absolute Gasteiger partial charge is 0.481 e. The molecule has 0 bridgehead atoms. The van der Waals surface area contributed by atoms with Gasteiger partial charge in [0.15, 0.2) is 0 Å². The number of aliphatic carboxylic acids is 1. The highest BCUT2D eigenvalue weighted by molar-refractivity contribution is 5.76. The Bertz CT molecular complexity index is 439. The van der Waals surface area contributed by atoms with Crippen LogP contribution in [0, 0.1) is 5.92 Å². The molecule has 1 aliphatic heterocycles. The number of nitrogens with one attached hydrogen (secondary N) is 1. The van der Waals surface area contributed by atoms with Crippen molar-refractivity contribution in [3.63, 3.8) is 0 Å². The summed E-state index contributed by atoms with van der Waals surface area (Å²) >= 11 is 0. The van der Waals surface area contributed by atoms with Gasteiger partial charge in [0.1, 0.15) is 0 Å². The third-order valence-electron chi connectivity index (χ3n) is 3.97. The van der Waals surface area contributed by atoms with E-state index in [-0.39, 0.29) is 17.3 Å². The first-order valence-corrected chi connectivity index (χ1v) is 6.93. The predicted molar refractivity (Wildman–Crippen MR) is 76.5 cm³/mol. The van der Waals surface area contributed by atoms with Crippen LogP contribution in [0.3, 0.4) is 0 Å². The number of carboxylic acid groups (broad SMARTS) is 1. The van der Waals surface area contributed by atoms with Crippen LogP contribution in [0.1, 0.15) is 44.2 Å². The van der Waals surface area contributed by atoms with Gasteiger partial charge in [-0.05, 0) is 42.0 Å². The van der Waals surface area contributed by atoms with Gasteiger partial charge in [-0.25, -0.2) is 0 Å². The lowest BCUT2D eigenvalue weighted by molar-refractivity contribution is -0.140. The van der Waals surface area contributed by atoms with Crippen molar-refractivity contribution in [1.29, 1.82) is 0 Å². The maximum absolute atomic E-state index is 11.5. The molecular weight excluding hydrogens is 238 g/mol. The maximum atomic E-state index is 11.5. The first-order chi connectivity index (χ1) is 8.89. The molecule has 0 aliphatic carbocycles. The SMILES string of the molecule is CC(C)(C)c1ccc(C(C(=O)O)C2CCNC2)cc1. The zero-order chi connectivity index (χ0) is 14.0. The summed E-state index contributed by atoms with van der Waals surface area (Å²) in [6.45, 7) is 8.22. The molecule has 2 N–H and O–H groups in total. The molecule has 0 saturated carbocycles. The average molecular weight is 261 g/mol. The molecular formula is C16H23NO2. The Morgan fingerprint density at radius 2 is 1.95 bits per heavy atom. The molecule has 2 unspecified atom stereocenters. The van der Waals surface area contributed by atoms with E-state index in [9.17, 15) is 9.90 Å². The highest BCUT2D eigenvalue weighted by Gasteiger charge is 2.31. The Labute approximate surface area is 115 Å². The Kier molecular flexibility index (Phi) is 3.95. The minimum absolute atomic E-state index is 0.103. The van der Waals surface area contributed by atoms with Crippen molar-refractivity contribution in [2.75, 3.05) is 13.1 Å². The summed E-state index contributed by atoms with van der Waals surface area (Å²) in [5.41, 5.74) is 2.27. The maximum Gasteiger partial charge on any atom is 0.311 e. The highest BCUT2D eigenvalue weighted by atomic mass is 16.4. The van der Waals surface area contributed by atoms with Crippen LogP contribution in [0.25, 0.3) is 0 Å². The summed E-state index contributed by atoms with van der Waals surface area (Å²) < 4.78 is 0. The zero-order valence-electron chi connectivity index (χ0n) is 11.9. The molecule has 1 heterocycles. The van der Waals surface area contributed by atoms with Crippen molar-refractivity contribution >= 4 is 5.97 Å². The standard InChI is InChI=1S/C16H23NO2/c1-16(2,3)13-6-4-11(5-7-13)14(15(18)19)12-8-9-17-10-12/h4-7,12,14,17H,8-10H2,1-3H3,(H,18,19). The van der Waals surface area contributed by atoms with Gasteiger partial charge >= 0.3 is 5.97 Å². The second-order valence-electron chi connectivity index (χ2n) is 6.44. The topological polar surface area (TPSA) is 49.3 Å². The van der Waals surface area contributed by atoms with Crippen molar-refractivity contribution < 1.29 is 9.90 Å². The molecule has 1 saturated heterocycles. The molecule has 1 fully saturated rings. The average Bonchev–Trinajstić information content (AvgIpc) is 2.82. The second kappa shape index (κ2) is 5.33. The lowest BCUT2D eigenvalue weighted by atomic mass is 9.82. The normalized spacial score (nSPS) is 21.3. The molecule has 3 nitrogen and oxygen atoms in total. The van der Waals surface area contributed by atoms with Crippen LogP contribution in [-0.2, 0) is 10.2 Å². The Morgan fingerprint density at radius 1 is 1.32 bits per heavy atom. The zero-order valence-corrected chi connectivity index (χ0v) is 11.9. The molecule has 0 amide bonds. The summed E-state index contributed by atoms with van der Waals surface area (Å²) in [4.78, 5) is 11.5. The summed E-state index contributed by atoms with van der Waals surface area (Å²) in [6.07, 6.45) is 0.942. The molecule has 0 radical (unpaired) electrons. The van der Waals surface area contributed by atoms with E-state index in [2.05, 4.69) is 38.2 Å². The van der Waals surface area contributed by atoms with Gasteiger partial charge in [0.25, 0.3) is 0 Å². The van der Waals surface area contributed by atoms with Gasteiger partial charge < -0.3 is 10.4 Å². The second-order valence-corrected chi connectivity index (χ2v) is 6.44. The van der Waals surface area contributed by atoms with E-state index in [0.29, 0.717) is 0 Å². The monoisotopic (exact) mass is 261 g/mol. The van der Waals surface area contributed by atoms with Crippen LogP contribution < -0.4 is 5.32 Å². The summed E-state index contributed by atoms with van der Waals surface area (Å²) in [7, 11) is 0. The number of carbonyl (C=O) groups is 1. The summed E-state index contributed by atoms with van der Waals surface area (Å²) in [5.74, 6) is -0.890. The first-order valence-electron chi connectivity index (χ1n) is 6.93. The number of benzene rings is 1. The van der Waals surface area contributed by atoms with Gasteiger partial charge in [0.2, 0.25) is 0 Å².